The fourth-order valence-electron chi connectivity index (χ4n) is 3.97. The molecule has 3 aromatic rings. The van der Waals surface area contributed by atoms with E-state index in [1.54, 1.807) is 19.4 Å². The number of carboxylic acid groups (broad SMARTS) is 1. The molecule has 1 fully saturated rings. The van der Waals surface area contributed by atoms with E-state index in [0.29, 0.717) is 24.3 Å². The number of hydrogen-bond acceptors (Lipinski definition) is 6. The molecule has 2 atom stereocenters. The van der Waals surface area contributed by atoms with E-state index in [-0.39, 0.29) is 25.8 Å². The Kier molecular flexibility index (Phi) is 6.92. The molecule has 0 aliphatic carbocycles. The van der Waals surface area contributed by atoms with Gasteiger partial charge in [0.25, 0.3) is 0 Å². The molecule has 33 heavy (non-hydrogen) atoms. The van der Waals surface area contributed by atoms with E-state index in [0.717, 1.165) is 16.5 Å². The van der Waals surface area contributed by atoms with Gasteiger partial charge in [-0.25, -0.2) is 4.79 Å². The predicted molar refractivity (Wildman–Crippen MR) is 121 cm³/mol. The average Bonchev–Trinajstić information content (AvgIpc) is 2.86. The van der Waals surface area contributed by atoms with Crippen LogP contribution >= 0.6 is 0 Å². The van der Waals surface area contributed by atoms with Crippen molar-refractivity contribution >= 4 is 23.0 Å². The number of hydrogen-bond donors (Lipinski definition) is 1. The summed E-state index contributed by atoms with van der Waals surface area (Å²) in [5.41, 5.74) is 1.63. The highest BCUT2D eigenvalue weighted by Crippen LogP contribution is 2.29. The van der Waals surface area contributed by atoms with Gasteiger partial charge in [0.05, 0.1) is 24.6 Å². The van der Waals surface area contributed by atoms with Gasteiger partial charge in [0, 0.05) is 18.1 Å². The second-order valence-electron chi connectivity index (χ2n) is 7.96. The van der Waals surface area contributed by atoms with Gasteiger partial charge >= 0.3 is 12.1 Å². The van der Waals surface area contributed by atoms with Gasteiger partial charge in [0.2, 0.25) is 0 Å². The first-order valence-corrected chi connectivity index (χ1v) is 10.8. The quantitative estimate of drug-likeness (QED) is 0.578. The molecular weight excluding hydrogens is 424 g/mol. The largest absolute Gasteiger partial charge is 0.497 e. The number of carboxylic acids is 1. The third-order valence-corrected chi connectivity index (χ3v) is 5.84. The van der Waals surface area contributed by atoms with E-state index in [9.17, 15) is 14.7 Å². The van der Waals surface area contributed by atoms with Crippen molar-refractivity contribution in [2.75, 3.05) is 20.3 Å². The van der Waals surface area contributed by atoms with E-state index in [4.69, 9.17) is 14.2 Å². The number of nitrogens with zero attached hydrogens (tertiary/aromatic N) is 2. The van der Waals surface area contributed by atoms with Crippen LogP contribution in [0.5, 0.6) is 11.5 Å². The molecule has 0 bridgehead atoms. The molecular formula is C25H26N2O6. The van der Waals surface area contributed by atoms with Crippen molar-refractivity contribution in [2.45, 2.75) is 25.5 Å². The minimum absolute atomic E-state index is 0.0852. The molecule has 1 aliphatic rings. The standard InChI is InChI=1S/C25H26N2O6/c1-31-20-9-10-22-21(13-20)23(11-12-26-22)32-16-19-8-7-18(24(28)29)14-27(19)25(30)33-15-17-5-3-2-4-6-17/h2-6,9-13,18-19H,7-8,14-16H2,1H3,(H,28,29)/t18-,19+/m0/s1. The van der Waals surface area contributed by atoms with Crippen LogP contribution in [0.2, 0.25) is 0 Å². The van der Waals surface area contributed by atoms with E-state index in [2.05, 4.69) is 4.98 Å². The van der Waals surface area contributed by atoms with Crippen molar-refractivity contribution in [3.8, 4) is 11.5 Å². The highest BCUT2D eigenvalue weighted by atomic mass is 16.6. The maximum absolute atomic E-state index is 12.9. The van der Waals surface area contributed by atoms with Gasteiger partial charge in [0.15, 0.2) is 0 Å². The summed E-state index contributed by atoms with van der Waals surface area (Å²) in [7, 11) is 1.60. The Morgan fingerprint density at radius 1 is 1.12 bits per heavy atom. The molecule has 8 heteroatoms. The number of amides is 1. The average molecular weight is 450 g/mol. The van der Waals surface area contributed by atoms with Gasteiger partial charge in [0.1, 0.15) is 24.7 Å². The minimum Gasteiger partial charge on any atom is -0.497 e. The lowest BCUT2D eigenvalue weighted by atomic mass is 9.93. The van der Waals surface area contributed by atoms with Gasteiger partial charge in [-0.15, -0.1) is 0 Å². The summed E-state index contributed by atoms with van der Waals surface area (Å²) in [4.78, 5) is 30.3. The number of piperidine rings is 1. The number of carbonyl (C=O) groups excluding carboxylic acids is 1. The van der Waals surface area contributed by atoms with Gasteiger partial charge in [-0.3, -0.25) is 9.78 Å². The lowest BCUT2D eigenvalue weighted by Gasteiger charge is -2.37. The van der Waals surface area contributed by atoms with Crippen molar-refractivity contribution in [3.05, 3.63) is 66.4 Å². The first kappa shape index (κ1) is 22.4. The van der Waals surface area contributed by atoms with Gasteiger partial charge in [-0.05, 0) is 42.7 Å². The lowest BCUT2D eigenvalue weighted by molar-refractivity contribution is -0.144. The molecule has 0 spiro atoms. The van der Waals surface area contributed by atoms with Crippen LogP contribution < -0.4 is 9.47 Å². The van der Waals surface area contributed by atoms with E-state index >= 15 is 0 Å². The molecule has 2 heterocycles. The number of likely N-dealkylation sites (tertiary alicyclic amines) is 1. The molecule has 0 saturated carbocycles. The Bertz CT molecular complexity index is 1120. The molecule has 8 nitrogen and oxygen atoms in total. The smallest absolute Gasteiger partial charge is 0.410 e. The van der Waals surface area contributed by atoms with Crippen molar-refractivity contribution < 1.29 is 28.9 Å². The van der Waals surface area contributed by atoms with E-state index in [1.165, 1.54) is 4.90 Å². The number of methoxy groups -OCH3 is 1. The monoisotopic (exact) mass is 450 g/mol. The first-order valence-electron chi connectivity index (χ1n) is 10.8. The zero-order valence-electron chi connectivity index (χ0n) is 18.3. The Morgan fingerprint density at radius 2 is 1.94 bits per heavy atom. The minimum atomic E-state index is -0.914. The Balaban J connectivity index is 1.48. The molecule has 0 radical (unpaired) electrons. The molecule has 1 saturated heterocycles. The molecule has 0 unspecified atom stereocenters. The summed E-state index contributed by atoms with van der Waals surface area (Å²) in [5.74, 6) is -0.232. The van der Waals surface area contributed by atoms with Gasteiger partial charge in [-0.1, -0.05) is 30.3 Å². The number of benzene rings is 2. The maximum Gasteiger partial charge on any atom is 0.410 e. The van der Waals surface area contributed by atoms with Crippen molar-refractivity contribution in [3.63, 3.8) is 0 Å². The summed E-state index contributed by atoms with van der Waals surface area (Å²) in [6.45, 7) is 0.418. The maximum atomic E-state index is 12.9. The molecule has 1 N–H and O–H groups in total. The Hall–Kier alpha value is -3.81. The number of fused-ring (bicyclic) bond motifs is 1. The first-order chi connectivity index (χ1) is 16.0. The van der Waals surface area contributed by atoms with Crippen LogP contribution in [0.3, 0.4) is 0 Å². The van der Waals surface area contributed by atoms with Crippen LogP contribution in [0.15, 0.2) is 60.8 Å². The second-order valence-corrected chi connectivity index (χ2v) is 7.96. The summed E-state index contributed by atoms with van der Waals surface area (Å²) in [5, 5.41) is 10.3. The van der Waals surface area contributed by atoms with Crippen LogP contribution in [0, 0.1) is 5.92 Å². The molecule has 1 amide bonds. The highest BCUT2D eigenvalue weighted by Gasteiger charge is 2.36. The van der Waals surface area contributed by atoms with Crippen LogP contribution in [-0.2, 0) is 16.1 Å². The molecule has 4 rings (SSSR count). The summed E-state index contributed by atoms with van der Waals surface area (Å²) >= 11 is 0. The molecule has 1 aliphatic heterocycles. The zero-order chi connectivity index (χ0) is 23.2. The van der Waals surface area contributed by atoms with Crippen LogP contribution in [0.4, 0.5) is 4.79 Å². The van der Waals surface area contributed by atoms with Crippen molar-refractivity contribution in [1.82, 2.24) is 9.88 Å². The number of pyridine rings is 1. The summed E-state index contributed by atoms with van der Waals surface area (Å²) in [6.07, 6.45) is 2.09. The van der Waals surface area contributed by atoms with Gasteiger partial charge < -0.3 is 24.2 Å². The van der Waals surface area contributed by atoms with E-state index in [1.807, 2.05) is 48.5 Å². The number of ether oxygens (including phenoxy) is 3. The SMILES string of the molecule is COc1ccc2nccc(OC[C@H]3CC[C@H](C(=O)O)CN3C(=O)OCc3ccccc3)c2c1. The summed E-state index contributed by atoms with van der Waals surface area (Å²) < 4.78 is 16.9. The van der Waals surface area contributed by atoms with Crippen molar-refractivity contribution in [2.24, 2.45) is 5.92 Å². The Morgan fingerprint density at radius 3 is 2.70 bits per heavy atom. The third kappa shape index (κ3) is 5.34. The van der Waals surface area contributed by atoms with E-state index < -0.39 is 18.0 Å². The van der Waals surface area contributed by atoms with Crippen molar-refractivity contribution in [1.29, 1.82) is 0 Å². The zero-order valence-corrected chi connectivity index (χ0v) is 18.3. The topological polar surface area (TPSA) is 98.2 Å². The predicted octanol–water partition coefficient (Wildman–Crippen LogP) is 4.12. The van der Waals surface area contributed by atoms with Crippen LogP contribution in [0.1, 0.15) is 18.4 Å². The second kappa shape index (κ2) is 10.2. The molecule has 1 aromatic heterocycles. The molecule has 172 valence electrons. The molecule has 2 aromatic carbocycles. The normalized spacial score (nSPS) is 18.0. The van der Waals surface area contributed by atoms with Crippen LogP contribution in [0.25, 0.3) is 10.9 Å². The Labute approximate surface area is 191 Å². The third-order valence-electron chi connectivity index (χ3n) is 5.84. The highest BCUT2D eigenvalue weighted by molar-refractivity contribution is 5.86. The summed E-state index contributed by atoms with van der Waals surface area (Å²) in [6, 6.07) is 16.4. The lowest BCUT2D eigenvalue weighted by Crippen LogP contribution is -2.51. The van der Waals surface area contributed by atoms with Gasteiger partial charge in [-0.2, -0.15) is 0 Å². The number of aliphatic carboxylic acids is 1. The fraction of sp³-hybridized carbons (Fsp3) is 0.320. The number of aromatic nitrogens is 1. The fourth-order valence-corrected chi connectivity index (χ4v) is 3.97. The van der Waals surface area contributed by atoms with Crippen LogP contribution in [-0.4, -0.2) is 53.4 Å². The number of carbonyl (C=O) groups is 2. The number of rotatable bonds is 7.